The van der Waals surface area contributed by atoms with Gasteiger partial charge in [-0.25, -0.2) is 0 Å². The summed E-state index contributed by atoms with van der Waals surface area (Å²) in [5.41, 5.74) is 0. The predicted molar refractivity (Wildman–Crippen MR) is 77.0 cm³/mol. The molecule has 20 heavy (non-hydrogen) atoms. The summed E-state index contributed by atoms with van der Waals surface area (Å²) in [5, 5.41) is 15.8. The SMILES string of the molecule is CCCNc1nc(NCC2CCC(O)C2)nc(OC)n1. The molecular formula is C13H23N5O2. The van der Waals surface area contributed by atoms with E-state index in [0.717, 1.165) is 38.8 Å². The van der Waals surface area contributed by atoms with Crippen LogP contribution in [-0.2, 0) is 0 Å². The number of rotatable bonds is 7. The highest BCUT2D eigenvalue weighted by Crippen LogP contribution is 2.25. The van der Waals surface area contributed by atoms with Crippen molar-refractivity contribution in [3.63, 3.8) is 0 Å². The number of ether oxygens (including phenoxy) is 1. The normalized spacial score (nSPS) is 21.8. The summed E-state index contributed by atoms with van der Waals surface area (Å²) < 4.78 is 5.08. The summed E-state index contributed by atoms with van der Waals surface area (Å²) in [7, 11) is 1.54. The van der Waals surface area contributed by atoms with Gasteiger partial charge in [0, 0.05) is 13.1 Å². The Bertz CT molecular complexity index is 429. The molecule has 2 unspecified atom stereocenters. The summed E-state index contributed by atoms with van der Waals surface area (Å²) in [6.45, 7) is 3.65. The molecule has 3 N–H and O–H groups in total. The average molecular weight is 281 g/mol. The lowest BCUT2D eigenvalue weighted by Gasteiger charge is -2.12. The Morgan fingerprint density at radius 2 is 1.95 bits per heavy atom. The molecule has 1 fully saturated rings. The van der Waals surface area contributed by atoms with E-state index in [1.165, 1.54) is 7.11 Å². The van der Waals surface area contributed by atoms with E-state index in [4.69, 9.17) is 4.74 Å². The standard InChI is InChI=1S/C13H23N5O2/c1-3-6-14-11-16-12(18-13(17-11)20-2)15-8-9-4-5-10(19)7-9/h9-10,19H,3-8H2,1-2H3,(H2,14,15,16,17,18). The van der Waals surface area contributed by atoms with E-state index in [1.54, 1.807) is 0 Å². The summed E-state index contributed by atoms with van der Waals surface area (Å²) in [4.78, 5) is 12.6. The van der Waals surface area contributed by atoms with Crippen LogP contribution in [0.15, 0.2) is 0 Å². The Balaban J connectivity index is 1.95. The first-order valence-electron chi connectivity index (χ1n) is 7.17. The molecule has 1 aromatic heterocycles. The molecule has 0 radical (unpaired) electrons. The highest BCUT2D eigenvalue weighted by Gasteiger charge is 2.22. The highest BCUT2D eigenvalue weighted by molar-refractivity contribution is 5.35. The average Bonchev–Trinajstić information content (AvgIpc) is 2.88. The molecule has 0 amide bonds. The van der Waals surface area contributed by atoms with Crippen LogP contribution >= 0.6 is 0 Å². The first-order valence-corrected chi connectivity index (χ1v) is 7.17. The Morgan fingerprint density at radius 3 is 2.55 bits per heavy atom. The second-order valence-electron chi connectivity index (χ2n) is 5.11. The first-order chi connectivity index (χ1) is 9.71. The van der Waals surface area contributed by atoms with Crippen molar-refractivity contribution < 1.29 is 9.84 Å². The Hall–Kier alpha value is -1.63. The van der Waals surface area contributed by atoms with Gasteiger partial charge in [-0.2, -0.15) is 15.0 Å². The number of anilines is 2. The van der Waals surface area contributed by atoms with Crippen LogP contribution in [0.4, 0.5) is 11.9 Å². The highest BCUT2D eigenvalue weighted by atomic mass is 16.5. The Morgan fingerprint density at radius 1 is 1.20 bits per heavy atom. The summed E-state index contributed by atoms with van der Waals surface area (Å²) in [6.07, 6.45) is 3.61. The van der Waals surface area contributed by atoms with Crippen molar-refractivity contribution in [1.29, 1.82) is 0 Å². The number of aliphatic hydroxyl groups is 1. The third-order valence-electron chi connectivity index (χ3n) is 3.39. The molecule has 1 aliphatic carbocycles. The molecule has 0 saturated heterocycles. The van der Waals surface area contributed by atoms with Crippen molar-refractivity contribution >= 4 is 11.9 Å². The number of hydrogen-bond acceptors (Lipinski definition) is 7. The van der Waals surface area contributed by atoms with Crippen molar-refractivity contribution in [2.24, 2.45) is 5.92 Å². The molecule has 2 rings (SSSR count). The monoisotopic (exact) mass is 281 g/mol. The largest absolute Gasteiger partial charge is 0.467 e. The van der Waals surface area contributed by atoms with Gasteiger partial charge in [0.1, 0.15) is 0 Å². The fraction of sp³-hybridized carbons (Fsp3) is 0.769. The minimum absolute atomic E-state index is 0.156. The van der Waals surface area contributed by atoms with Crippen LogP contribution in [0, 0.1) is 5.92 Å². The van der Waals surface area contributed by atoms with Crippen LogP contribution in [0.25, 0.3) is 0 Å². The fourth-order valence-electron chi connectivity index (χ4n) is 2.31. The van der Waals surface area contributed by atoms with Gasteiger partial charge in [0.15, 0.2) is 0 Å². The Kier molecular flexibility index (Phi) is 5.34. The van der Waals surface area contributed by atoms with Gasteiger partial charge in [0.05, 0.1) is 13.2 Å². The number of aromatic nitrogens is 3. The van der Waals surface area contributed by atoms with Gasteiger partial charge < -0.3 is 20.5 Å². The molecule has 0 bridgehead atoms. The number of nitrogens with zero attached hydrogens (tertiary/aromatic N) is 3. The minimum Gasteiger partial charge on any atom is -0.467 e. The van der Waals surface area contributed by atoms with Gasteiger partial charge in [0.2, 0.25) is 11.9 Å². The number of nitrogens with one attached hydrogen (secondary N) is 2. The van der Waals surface area contributed by atoms with E-state index in [2.05, 4.69) is 32.5 Å². The van der Waals surface area contributed by atoms with Crippen molar-refractivity contribution in [3.05, 3.63) is 0 Å². The second kappa shape index (κ2) is 7.23. The summed E-state index contributed by atoms with van der Waals surface area (Å²) >= 11 is 0. The molecule has 2 atom stereocenters. The third kappa shape index (κ3) is 4.19. The van der Waals surface area contributed by atoms with Gasteiger partial charge >= 0.3 is 6.01 Å². The zero-order chi connectivity index (χ0) is 14.4. The van der Waals surface area contributed by atoms with E-state index < -0.39 is 0 Å². The Labute approximate surface area is 119 Å². The maximum absolute atomic E-state index is 9.52. The minimum atomic E-state index is -0.156. The van der Waals surface area contributed by atoms with Crippen LogP contribution in [0.1, 0.15) is 32.6 Å². The topological polar surface area (TPSA) is 92.2 Å². The van der Waals surface area contributed by atoms with Gasteiger partial charge in [-0.1, -0.05) is 6.92 Å². The molecular weight excluding hydrogens is 258 g/mol. The van der Waals surface area contributed by atoms with Gasteiger partial charge in [0.25, 0.3) is 0 Å². The quantitative estimate of drug-likeness (QED) is 0.693. The maximum atomic E-state index is 9.52. The lowest BCUT2D eigenvalue weighted by Crippen LogP contribution is -2.16. The zero-order valence-corrected chi connectivity index (χ0v) is 12.1. The molecule has 7 heteroatoms. The van der Waals surface area contributed by atoms with E-state index in [-0.39, 0.29) is 6.10 Å². The molecule has 0 aliphatic heterocycles. The smallest absolute Gasteiger partial charge is 0.322 e. The van der Waals surface area contributed by atoms with Gasteiger partial charge in [-0.3, -0.25) is 0 Å². The number of aliphatic hydroxyl groups excluding tert-OH is 1. The van der Waals surface area contributed by atoms with Gasteiger partial charge in [-0.05, 0) is 31.6 Å². The van der Waals surface area contributed by atoms with Crippen LogP contribution < -0.4 is 15.4 Å². The molecule has 0 aromatic carbocycles. The molecule has 0 spiro atoms. The van der Waals surface area contributed by atoms with Gasteiger partial charge in [-0.15, -0.1) is 0 Å². The lowest BCUT2D eigenvalue weighted by molar-refractivity contribution is 0.178. The molecule has 7 nitrogen and oxygen atoms in total. The van der Waals surface area contributed by atoms with Crippen molar-refractivity contribution in [2.75, 3.05) is 30.8 Å². The van der Waals surface area contributed by atoms with Crippen molar-refractivity contribution in [1.82, 2.24) is 15.0 Å². The maximum Gasteiger partial charge on any atom is 0.322 e. The van der Waals surface area contributed by atoms with Crippen LogP contribution in [0.2, 0.25) is 0 Å². The molecule has 112 valence electrons. The molecule has 1 saturated carbocycles. The lowest BCUT2D eigenvalue weighted by atomic mass is 10.1. The van der Waals surface area contributed by atoms with Crippen molar-refractivity contribution in [3.8, 4) is 6.01 Å². The van der Waals surface area contributed by atoms with E-state index in [1.807, 2.05) is 0 Å². The molecule has 1 aromatic rings. The van der Waals surface area contributed by atoms with Crippen LogP contribution in [-0.4, -0.2) is 46.4 Å². The second-order valence-corrected chi connectivity index (χ2v) is 5.11. The number of hydrogen-bond donors (Lipinski definition) is 3. The van der Waals surface area contributed by atoms with Crippen LogP contribution in [0.5, 0.6) is 6.01 Å². The fourth-order valence-corrected chi connectivity index (χ4v) is 2.31. The van der Waals surface area contributed by atoms with E-state index >= 15 is 0 Å². The third-order valence-corrected chi connectivity index (χ3v) is 3.39. The predicted octanol–water partition coefficient (Wildman–Crippen LogP) is 1.27. The number of methoxy groups -OCH3 is 1. The first kappa shape index (κ1) is 14.8. The molecule has 1 heterocycles. The van der Waals surface area contributed by atoms with E-state index in [9.17, 15) is 5.11 Å². The van der Waals surface area contributed by atoms with Crippen LogP contribution in [0.3, 0.4) is 0 Å². The van der Waals surface area contributed by atoms with Crippen molar-refractivity contribution in [2.45, 2.75) is 38.7 Å². The molecule has 1 aliphatic rings. The summed E-state index contributed by atoms with van der Waals surface area (Å²) in [5.74, 6) is 1.50. The zero-order valence-electron chi connectivity index (χ0n) is 12.1. The summed E-state index contributed by atoms with van der Waals surface area (Å²) in [6, 6.07) is 0.299. The van der Waals surface area contributed by atoms with E-state index in [0.29, 0.717) is 23.8 Å².